The third-order valence-electron chi connectivity index (χ3n) is 4.61. The van der Waals surface area contributed by atoms with Crippen LogP contribution in [0.15, 0.2) is 16.5 Å². The van der Waals surface area contributed by atoms with Crippen molar-refractivity contribution in [1.29, 1.82) is 0 Å². The van der Waals surface area contributed by atoms with E-state index in [1.807, 2.05) is 18.0 Å². The van der Waals surface area contributed by atoms with Crippen LogP contribution in [-0.4, -0.2) is 30.9 Å². The molecular formula is C16H24N2O2. The number of nitrogens with zero attached hydrogens (tertiary/aromatic N) is 1. The molecule has 0 aromatic carbocycles. The molecule has 1 saturated heterocycles. The smallest absolute Gasteiger partial charge is 0.225 e. The van der Waals surface area contributed by atoms with Gasteiger partial charge in [0.15, 0.2) is 0 Å². The molecule has 0 radical (unpaired) electrons. The summed E-state index contributed by atoms with van der Waals surface area (Å²) in [6.07, 6.45) is 3.13. The number of piperidine rings is 1. The van der Waals surface area contributed by atoms with Crippen molar-refractivity contribution in [3.8, 4) is 0 Å². The van der Waals surface area contributed by atoms with E-state index in [4.69, 9.17) is 4.42 Å². The predicted octanol–water partition coefficient (Wildman–Crippen LogP) is 2.36. The fourth-order valence-electron chi connectivity index (χ4n) is 3.09. The molecule has 1 N–H and O–H groups in total. The maximum Gasteiger partial charge on any atom is 0.225 e. The van der Waals surface area contributed by atoms with Crippen molar-refractivity contribution in [3.05, 3.63) is 23.7 Å². The highest BCUT2D eigenvalue weighted by atomic mass is 16.3. The Morgan fingerprint density at radius 1 is 1.40 bits per heavy atom. The average molecular weight is 276 g/mol. The van der Waals surface area contributed by atoms with Crippen molar-refractivity contribution < 1.29 is 9.21 Å². The van der Waals surface area contributed by atoms with Crippen molar-refractivity contribution >= 4 is 5.91 Å². The topological polar surface area (TPSA) is 45.5 Å². The van der Waals surface area contributed by atoms with Crippen LogP contribution in [0.25, 0.3) is 0 Å². The normalized spacial score (nSPS) is 26.5. The summed E-state index contributed by atoms with van der Waals surface area (Å²) in [5.74, 6) is 3.79. The number of carbonyl (C=O) groups excluding carboxylic acids is 1. The largest absolute Gasteiger partial charge is 0.464 e. The molecule has 2 atom stereocenters. The van der Waals surface area contributed by atoms with Gasteiger partial charge in [-0.15, -0.1) is 0 Å². The molecule has 2 heterocycles. The molecule has 4 nitrogen and oxygen atoms in total. The SMILES string of the molecule is CC1CC1c1ccc(CN(C)C(=O)C2CCNCC2)o1. The van der Waals surface area contributed by atoms with Gasteiger partial charge in [-0.05, 0) is 50.4 Å². The van der Waals surface area contributed by atoms with Gasteiger partial charge in [-0.25, -0.2) is 0 Å². The average Bonchev–Trinajstić information content (AvgIpc) is 3.01. The van der Waals surface area contributed by atoms with Crippen LogP contribution in [0.4, 0.5) is 0 Å². The first-order valence-corrected chi connectivity index (χ1v) is 7.69. The highest BCUT2D eigenvalue weighted by Crippen LogP contribution is 2.47. The molecule has 1 aromatic rings. The van der Waals surface area contributed by atoms with Crippen LogP contribution in [0.5, 0.6) is 0 Å². The fraction of sp³-hybridized carbons (Fsp3) is 0.688. The fourth-order valence-corrected chi connectivity index (χ4v) is 3.09. The maximum atomic E-state index is 12.4. The second-order valence-electron chi connectivity index (χ2n) is 6.34. The standard InChI is InChI=1S/C16H24N2O2/c1-11-9-14(11)15-4-3-13(20-15)10-18(2)16(19)12-5-7-17-8-6-12/h3-4,11-12,14,17H,5-10H2,1-2H3. The van der Waals surface area contributed by atoms with Crippen LogP contribution in [0.2, 0.25) is 0 Å². The van der Waals surface area contributed by atoms with Crippen LogP contribution < -0.4 is 5.32 Å². The Hall–Kier alpha value is -1.29. The lowest BCUT2D eigenvalue weighted by Gasteiger charge is -2.26. The van der Waals surface area contributed by atoms with Crippen LogP contribution in [0.1, 0.15) is 43.6 Å². The molecule has 2 aliphatic rings. The summed E-state index contributed by atoms with van der Waals surface area (Å²) in [7, 11) is 1.88. The second-order valence-corrected chi connectivity index (χ2v) is 6.34. The molecule has 1 aliphatic heterocycles. The summed E-state index contributed by atoms with van der Waals surface area (Å²) in [6.45, 7) is 4.74. The molecule has 1 saturated carbocycles. The van der Waals surface area contributed by atoms with E-state index in [0.29, 0.717) is 12.5 Å². The van der Waals surface area contributed by atoms with Crippen molar-refractivity contribution in [2.24, 2.45) is 11.8 Å². The zero-order valence-electron chi connectivity index (χ0n) is 12.4. The summed E-state index contributed by atoms with van der Waals surface area (Å²) in [6, 6.07) is 4.10. The summed E-state index contributed by atoms with van der Waals surface area (Å²) in [5, 5.41) is 3.30. The first kappa shape index (κ1) is 13.7. The molecule has 2 fully saturated rings. The number of amides is 1. The summed E-state index contributed by atoms with van der Waals surface area (Å²) < 4.78 is 5.88. The zero-order valence-corrected chi connectivity index (χ0v) is 12.4. The van der Waals surface area contributed by atoms with E-state index in [9.17, 15) is 4.79 Å². The zero-order chi connectivity index (χ0) is 14.1. The third kappa shape index (κ3) is 2.90. The molecule has 2 unspecified atom stereocenters. The summed E-state index contributed by atoms with van der Waals surface area (Å²) >= 11 is 0. The minimum atomic E-state index is 0.180. The first-order chi connectivity index (χ1) is 9.65. The molecule has 20 heavy (non-hydrogen) atoms. The molecule has 0 bridgehead atoms. The molecule has 110 valence electrons. The lowest BCUT2D eigenvalue weighted by Crippen LogP contribution is -2.38. The minimum Gasteiger partial charge on any atom is -0.464 e. The molecule has 1 aromatic heterocycles. The number of furan rings is 1. The van der Waals surface area contributed by atoms with Gasteiger partial charge in [0.1, 0.15) is 11.5 Å². The number of carbonyl (C=O) groups is 1. The van der Waals surface area contributed by atoms with Gasteiger partial charge in [-0.3, -0.25) is 4.79 Å². The van der Waals surface area contributed by atoms with Crippen molar-refractivity contribution in [3.63, 3.8) is 0 Å². The number of hydrogen-bond donors (Lipinski definition) is 1. The molecule has 3 rings (SSSR count). The van der Waals surface area contributed by atoms with Gasteiger partial charge < -0.3 is 14.6 Å². The van der Waals surface area contributed by atoms with Gasteiger partial charge in [0.2, 0.25) is 5.91 Å². The number of hydrogen-bond acceptors (Lipinski definition) is 3. The Morgan fingerprint density at radius 3 is 2.75 bits per heavy atom. The quantitative estimate of drug-likeness (QED) is 0.918. The maximum absolute atomic E-state index is 12.4. The first-order valence-electron chi connectivity index (χ1n) is 7.69. The van der Waals surface area contributed by atoms with E-state index >= 15 is 0 Å². The summed E-state index contributed by atoms with van der Waals surface area (Å²) in [4.78, 5) is 14.2. The van der Waals surface area contributed by atoms with Gasteiger partial charge in [0.05, 0.1) is 6.54 Å². The Morgan fingerprint density at radius 2 is 2.10 bits per heavy atom. The molecule has 1 amide bonds. The van der Waals surface area contributed by atoms with Crippen molar-refractivity contribution in [2.45, 2.75) is 38.6 Å². The van der Waals surface area contributed by atoms with E-state index in [2.05, 4.69) is 18.3 Å². The van der Waals surface area contributed by atoms with E-state index in [-0.39, 0.29) is 11.8 Å². The Bertz CT molecular complexity index is 477. The van der Waals surface area contributed by atoms with Crippen LogP contribution in [-0.2, 0) is 11.3 Å². The van der Waals surface area contributed by atoms with Crippen LogP contribution in [0, 0.1) is 11.8 Å². The van der Waals surface area contributed by atoms with E-state index in [1.165, 1.54) is 6.42 Å². The van der Waals surface area contributed by atoms with E-state index in [1.54, 1.807) is 0 Å². The third-order valence-corrected chi connectivity index (χ3v) is 4.61. The van der Waals surface area contributed by atoms with Gasteiger partial charge in [0.25, 0.3) is 0 Å². The Balaban J connectivity index is 1.56. The molecule has 1 aliphatic carbocycles. The summed E-state index contributed by atoms with van der Waals surface area (Å²) in [5.41, 5.74) is 0. The molecular weight excluding hydrogens is 252 g/mol. The van der Waals surface area contributed by atoms with Gasteiger partial charge in [0, 0.05) is 18.9 Å². The van der Waals surface area contributed by atoms with Gasteiger partial charge >= 0.3 is 0 Å². The Labute approximate surface area is 120 Å². The van der Waals surface area contributed by atoms with Crippen molar-refractivity contribution in [1.82, 2.24) is 10.2 Å². The molecule has 4 heteroatoms. The van der Waals surface area contributed by atoms with Crippen LogP contribution >= 0.6 is 0 Å². The molecule has 0 spiro atoms. The Kier molecular flexibility index (Phi) is 3.83. The predicted molar refractivity (Wildman–Crippen MR) is 77.3 cm³/mol. The lowest BCUT2D eigenvalue weighted by molar-refractivity contribution is -0.135. The minimum absolute atomic E-state index is 0.180. The van der Waals surface area contributed by atoms with E-state index < -0.39 is 0 Å². The monoisotopic (exact) mass is 276 g/mol. The second kappa shape index (κ2) is 5.60. The lowest BCUT2D eigenvalue weighted by atomic mass is 9.97. The number of nitrogens with one attached hydrogen (secondary N) is 1. The van der Waals surface area contributed by atoms with Gasteiger partial charge in [-0.1, -0.05) is 6.92 Å². The highest BCUT2D eigenvalue weighted by Gasteiger charge is 2.36. The van der Waals surface area contributed by atoms with Crippen LogP contribution in [0.3, 0.4) is 0 Å². The van der Waals surface area contributed by atoms with E-state index in [0.717, 1.165) is 43.4 Å². The van der Waals surface area contributed by atoms with Gasteiger partial charge in [-0.2, -0.15) is 0 Å². The van der Waals surface area contributed by atoms with Crippen molar-refractivity contribution in [2.75, 3.05) is 20.1 Å². The highest BCUT2D eigenvalue weighted by molar-refractivity contribution is 5.78. The number of rotatable bonds is 4.